The molecule has 0 radical (unpaired) electrons. The van der Waals surface area contributed by atoms with Crippen LogP contribution in [-0.2, 0) is 16.0 Å². The molecule has 2 aliphatic carbocycles. The smallest absolute Gasteiger partial charge is 0.171 e. The van der Waals surface area contributed by atoms with Crippen LogP contribution in [0.2, 0.25) is 0 Å². The van der Waals surface area contributed by atoms with E-state index in [1.54, 1.807) is 0 Å². The molecule has 3 aliphatic rings. The fourth-order valence-corrected chi connectivity index (χ4v) is 5.85. The molecule has 0 spiro atoms. The first kappa shape index (κ1) is 28.3. The van der Waals surface area contributed by atoms with Crippen LogP contribution in [0.25, 0.3) is 0 Å². The molecule has 1 aromatic carbocycles. The molecule has 0 amide bonds. The number of Topliss-reactive ketones (excluding diaryl/α,β-unsaturated/α-hetero) is 2. The molecular formula is C30H48N2O2. The Morgan fingerprint density at radius 3 is 2.12 bits per heavy atom. The molecule has 1 aliphatic heterocycles. The predicted molar refractivity (Wildman–Crippen MR) is 143 cm³/mol. The van der Waals surface area contributed by atoms with Crippen LogP contribution in [0.3, 0.4) is 0 Å². The fraction of sp³-hybridized carbons (Fsp3) is 0.667. The van der Waals surface area contributed by atoms with Crippen molar-refractivity contribution in [2.24, 2.45) is 17.8 Å². The fourth-order valence-electron chi connectivity index (χ4n) is 5.85. The predicted octanol–water partition coefficient (Wildman–Crippen LogP) is 6.52. The van der Waals surface area contributed by atoms with Crippen molar-refractivity contribution in [3.8, 4) is 0 Å². The van der Waals surface area contributed by atoms with Crippen LogP contribution >= 0.6 is 0 Å². The highest BCUT2D eigenvalue weighted by molar-refractivity contribution is 6.15. The zero-order valence-electron chi connectivity index (χ0n) is 22.9. The molecular weight excluding hydrogens is 420 g/mol. The van der Waals surface area contributed by atoms with E-state index in [4.69, 9.17) is 0 Å². The van der Waals surface area contributed by atoms with Crippen molar-refractivity contribution in [2.75, 3.05) is 0 Å². The maximum absolute atomic E-state index is 13.4. The molecule has 4 unspecified atom stereocenters. The first-order chi connectivity index (χ1) is 16.4. The number of aryl methyl sites for hydroxylation is 1. The van der Waals surface area contributed by atoms with E-state index in [-0.39, 0.29) is 35.1 Å². The van der Waals surface area contributed by atoms with Crippen LogP contribution in [0.5, 0.6) is 0 Å². The number of ketones is 2. The summed E-state index contributed by atoms with van der Waals surface area (Å²) < 4.78 is 0. The van der Waals surface area contributed by atoms with Gasteiger partial charge in [-0.05, 0) is 51.5 Å². The van der Waals surface area contributed by atoms with Crippen molar-refractivity contribution in [3.63, 3.8) is 0 Å². The molecule has 4 atom stereocenters. The Bertz CT molecular complexity index is 849. The summed E-state index contributed by atoms with van der Waals surface area (Å²) in [4.78, 5) is 26.3. The van der Waals surface area contributed by atoms with Gasteiger partial charge in [-0.3, -0.25) is 14.9 Å². The Labute approximate surface area is 208 Å². The largest absolute Gasteiger partial charge is 0.372 e. The minimum Gasteiger partial charge on any atom is -0.372 e. The molecule has 1 heterocycles. The zero-order valence-corrected chi connectivity index (χ0v) is 22.9. The number of rotatable bonds is 6. The summed E-state index contributed by atoms with van der Waals surface area (Å²) in [5, 5.41) is 7.59. The highest BCUT2D eigenvalue weighted by Gasteiger charge is 2.49. The molecule has 0 aromatic heterocycles. The lowest BCUT2D eigenvalue weighted by molar-refractivity contribution is -0.134. The van der Waals surface area contributed by atoms with Crippen LogP contribution in [0.15, 0.2) is 35.5 Å². The Morgan fingerprint density at radius 2 is 1.59 bits per heavy atom. The Balaban J connectivity index is 0.000000970. The SMILES string of the molecule is CC.CC.CCC1C(=O)C2=C(NC(NC3(CC)CCCC3)C2Cc2ccc(C)cc2)C(C)C1=O. The van der Waals surface area contributed by atoms with Crippen LogP contribution in [0.4, 0.5) is 0 Å². The van der Waals surface area contributed by atoms with E-state index in [0.717, 1.165) is 24.1 Å². The number of allylic oxidation sites excluding steroid dienone is 1. The van der Waals surface area contributed by atoms with E-state index in [0.29, 0.717) is 6.42 Å². The Hall–Kier alpha value is -1.94. The van der Waals surface area contributed by atoms with Crippen LogP contribution in [0.1, 0.15) is 98.1 Å². The minimum atomic E-state index is -0.480. The van der Waals surface area contributed by atoms with Gasteiger partial charge < -0.3 is 5.32 Å². The second-order valence-electron chi connectivity index (χ2n) is 9.68. The second-order valence-corrected chi connectivity index (χ2v) is 9.68. The van der Waals surface area contributed by atoms with Gasteiger partial charge >= 0.3 is 0 Å². The van der Waals surface area contributed by atoms with Crippen LogP contribution < -0.4 is 10.6 Å². The summed E-state index contributed by atoms with van der Waals surface area (Å²) in [7, 11) is 0. The van der Waals surface area contributed by atoms with E-state index < -0.39 is 5.92 Å². The standard InChI is InChI=1S/C26H36N2O2.2C2H6/c1-5-19-23(29)17(4)22-21(24(19)30)20(15-18-11-9-16(3)10-12-18)25(27-22)28-26(6-2)13-7-8-14-26;2*1-2/h9-12,17,19-20,25,27-28H,5-8,13-15H2,1-4H3;2*1-2H3. The van der Waals surface area contributed by atoms with Crippen LogP contribution in [-0.4, -0.2) is 23.3 Å². The van der Waals surface area contributed by atoms with Crippen molar-refractivity contribution in [1.82, 2.24) is 10.6 Å². The first-order valence-corrected chi connectivity index (χ1v) is 13.8. The number of hydrogen-bond donors (Lipinski definition) is 2. The highest BCUT2D eigenvalue weighted by atomic mass is 16.2. The van der Waals surface area contributed by atoms with Gasteiger partial charge in [-0.1, -0.05) is 84.2 Å². The number of carbonyl (C=O) groups excluding carboxylic acids is 2. The van der Waals surface area contributed by atoms with Gasteiger partial charge in [0.1, 0.15) is 0 Å². The van der Waals surface area contributed by atoms with Crippen molar-refractivity contribution in [1.29, 1.82) is 0 Å². The van der Waals surface area contributed by atoms with Crippen molar-refractivity contribution < 1.29 is 9.59 Å². The summed E-state index contributed by atoms with van der Waals surface area (Å²) in [6.45, 7) is 16.3. The third kappa shape index (κ3) is 5.64. The van der Waals surface area contributed by atoms with Gasteiger partial charge in [-0.2, -0.15) is 0 Å². The number of benzene rings is 1. The van der Waals surface area contributed by atoms with E-state index in [1.165, 1.54) is 36.8 Å². The third-order valence-electron chi connectivity index (χ3n) is 7.84. The molecule has 0 bridgehead atoms. The lowest BCUT2D eigenvalue weighted by Crippen LogP contribution is -2.55. The van der Waals surface area contributed by atoms with Gasteiger partial charge in [-0.15, -0.1) is 0 Å². The van der Waals surface area contributed by atoms with Gasteiger partial charge in [0.2, 0.25) is 0 Å². The Kier molecular flexibility index (Phi) is 10.5. The Morgan fingerprint density at radius 1 is 1.00 bits per heavy atom. The van der Waals surface area contributed by atoms with E-state index in [2.05, 4.69) is 48.7 Å². The second kappa shape index (κ2) is 12.7. The van der Waals surface area contributed by atoms with E-state index >= 15 is 0 Å². The average molecular weight is 469 g/mol. The molecule has 2 N–H and O–H groups in total. The zero-order chi connectivity index (χ0) is 25.5. The van der Waals surface area contributed by atoms with Gasteiger partial charge in [0.25, 0.3) is 0 Å². The number of carbonyl (C=O) groups is 2. The molecule has 1 fully saturated rings. The van der Waals surface area contributed by atoms with Gasteiger partial charge in [0, 0.05) is 22.7 Å². The molecule has 4 rings (SSSR count). The molecule has 4 nitrogen and oxygen atoms in total. The van der Waals surface area contributed by atoms with Crippen molar-refractivity contribution in [2.45, 2.75) is 112 Å². The minimum absolute atomic E-state index is 0.00385. The molecule has 190 valence electrons. The molecule has 1 saturated carbocycles. The topological polar surface area (TPSA) is 58.2 Å². The quantitative estimate of drug-likeness (QED) is 0.467. The summed E-state index contributed by atoms with van der Waals surface area (Å²) in [6.07, 6.45) is 7.38. The summed E-state index contributed by atoms with van der Waals surface area (Å²) in [5.74, 6) is -0.512. The normalized spacial score (nSPS) is 27.3. The molecule has 1 aromatic rings. The van der Waals surface area contributed by atoms with Crippen LogP contribution in [0, 0.1) is 24.7 Å². The number of hydrogen-bond acceptors (Lipinski definition) is 4. The van der Waals surface area contributed by atoms with E-state index in [1.807, 2.05) is 41.5 Å². The molecule has 34 heavy (non-hydrogen) atoms. The van der Waals surface area contributed by atoms with Gasteiger partial charge in [0.15, 0.2) is 11.6 Å². The first-order valence-electron chi connectivity index (χ1n) is 13.8. The van der Waals surface area contributed by atoms with Crippen molar-refractivity contribution >= 4 is 11.6 Å². The summed E-state index contributed by atoms with van der Waals surface area (Å²) in [6, 6.07) is 8.64. The maximum Gasteiger partial charge on any atom is 0.171 e. The van der Waals surface area contributed by atoms with Crippen molar-refractivity contribution in [3.05, 3.63) is 46.7 Å². The number of nitrogens with one attached hydrogen (secondary N) is 2. The summed E-state index contributed by atoms with van der Waals surface area (Å²) >= 11 is 0. The lowest BCUT2D eigenvalue weighted by Gasteiger charge is -2.36. The maximum atomic E-state index is 13.4. The van der Waals surface area contributed by atoms with Gasteiger partial charge in [-0.25, -0.2) is 0 Å². The highest BCUT2D eigenvalue weighted by Crippen LogP contribution is 2.42. The summed E-state index contributed by atoms with van der Waals surface area (Å²) in [5.41, 5.74) is 4.39. The monoisotopic (exact) mass is 468 g/mol. The van der Waals surface area contributed by atoms with Gasteiger partial charge in [0.05, 0.1) is 18.0 Å². The molecule has 0 saturated heterocycles. The third-order valence-corrected chi connectivity index (χ3v) is 7.84. The lowest BCUT2D eigenvalue weighted by atomic mass is 9.74. The average Bonchev–Trinajstić information content (AvgIpc) is 3.48. The molecule has 4 heteroatoms. The van der Waals surface area contributed by atoms with E-state index in [9.17, 15) is 9.59 Å².